The Bertz CT molecular complexity index is 540. The van der Waals surface area contributed by atoms with Gasteiger partial charge in [-0.1, -0.05) is 13.8 Å². The molecule has 7 nitrogen and oxygen atoms in total. The topological polar surface area (TPSA) is 111 Å². The van der Waals surface area contributed by atoms with Crippen LogP contribution in [0.25, 0.3) is 0 Å². The van der Waals surface area contributed by atoms with Gasteiger partial charge in [0.1, 0.15) is 0 Å². The number of nitrogens with one attached hydrogen (secondary N) is 2. The van der Waals surface area contributed by atoms with E-state index in [-0.39, 0.29) is 24.3 Å². The lowest BCUT2D eigenvalue weighted by atomic mass is 10.1. The molecule has 0 saturated carbocycles. The lowest BCUT2D eigenvalue weighted by Gasteiger charge is -2.15. The fourth-order valence-corrected chi connectivity index (χ4v) is 1.60. The third-order valence-electron chi connectivity index (χ3n) is 3.03. The fraction of sp³-hybridized carbons (Fsp3) is 0.400. The van der Waals surface area contributed by atoms with Crippen molar-refractivity contribution in [3.05, 3.63) is 29.8 Å². The second kappa shape index (κ2) is 8.14. The van der Waals surface area contributed by atoms with Gasteiger partial charge in [0.05, 0.1) is 25.3 Å². The molecule has 0 unspecified atom stereocenters. The van der Waals surface area contributed by atoms with E-state index in [1.54, 1.807) is 12.1 Å². The summed E-state index contributed by atoms with van der Waals surface area (Å²) in [4.78, 5) is 34.6. The Morgan fingerprint density at radius 3 is 2.27 bits per heavy atom. The summed E-state index contributed by atoms with van der Waals surface area (Å²) in [6.07, 6.45) is 0. The first-order chi connectivity index (χ1) is 10.3. The number of benzene rings is 1. The van der Waals surface area contributed by atoms with Crippen LogP contribution >= 0.6 is 0 Å². The lowest BCUT2D eigenvalue weighted by Crippen LogP contribution is -2.46. The molecular formula is C15H21N3O4. The molecule has 0 spiro atoms. The molecule has 0 aliphatic rings. The van der Waals surface area contributed by atoms with Crippen molar-refractivity contribution in [2.45, 2.75) is 19.9 Å². The Kier molecular flexibility index (Phi) is 6.52. The number of hydrogen-bond donors (Lipinski definition) is 3. The predicted octanol–water partition coefficient (Wildman–Crippen LogP) is 0.511. The molecule has 0 heterocycles. The Hall–Kier alpha value is -2.41. The average molecular weight is 307 g/mol. The Balaban J connectivity index is 2.48. The first-order valence-corrected chi connectivity index (χ1v) is 6.86. The van der Waals surface area contributed by atoms with Gasteiger partial charge >= 0.3 is 5.97 Å². The minimum atomic E-state index is -0.646. The summed E-state index contributed by atoms with van der Waals surface area (Å²) >= 11 is 0. The van der Waals surface area contributed by atoms with Crippen molar-refractivity contribution in [2.24, 2.45) is 11.7 Å². The van der Waals surface area contributed by atoms with E-state index in [0.717, 1.165) is 0 Å². The maximum Gasteiger partial charge on any atom is 0.337 e. The normalized spacial score (nSPS) is 11.7. The van der Waals surface area contributed by atoms with E-state index >= 15 is 0 Å². The largest absolute Gasteiger partial charge is 0.465 e. The van der Waals surface area contributed by atoms with Crippen molar-refractivity contribution >= 4 is 23.5 Å². The summed E-state index contributed by atoms with van der Waals surface area (Å²) in [5.41, 5.74) is 6.57. The van der Waals surface area contributed by atoms with Crippen molar-refractivity contribution in [1.82, 2.24) is 5.32 Å². The van der Waals surface area contributed by atoms with Crippen molar-refractivity contribution < 1.29 is 19.1 Å². The molecule has 0 saturated heterocycles. The molecule has 4 N–H and O–H groups in total. The number of esters is 1. The first-order valence-electron chi connectivity index (χ1n) is 6.86. The second-order valence-corrected chi connectivity index (χ2v) is 5.10. The monoisotopic (exact) mass is 307 g/mol. The van der Waals surface area contributed by atoms with E-state index < -0.39 is 12.0 Å². The number of carbonyl (C=O) groups is 3. The Labute approximate surface area is 129 Å². The molecule has 0 radical (unpaired) electrons. The minimum absolute atomic E-state index is 0.00562. The van der Waals surface area contributed by atoms with Crippen molar-refractivity contribution in [3.8, 4) is 0 Å². The number of amides is 2. The molecule has 1 aromatic rings. The van der Waals surface area contributed by atoms with E-state index in [4.69, 9.17) is 5.73 Å². The first kappa shape index (κ1) is 17.6. The summed E-state index contributed by atoms with van der Waals surface area (Å²) in [6.45, 7) is 3.48. The van der Waals surface area contributed by atoms with Crippen LogP contribution in [0.15, 0.2) is 24.3 Å². The van der Waals surface area contributed by atoms with Gasteiger partial charge in [-0.3, -0.25) is 9.59 Å². The Morgan fingerprint density at radius 2 is 1.77 bits per heavy atom. The highest BCUT2D eigenvalue weighted by Crippen LogP contribution is 2.10. The number of hydrogen-bond acceptors (Lipinski definition) is 5. The molecule has 1 aromatic carbocycles. The number of ether oxygens (including phenoxy) is 1. The predicted molar refractivity (Wildman–Crippen MR) is 82.2 cm³/mol. The molecule has 7 heteroatoms. The van der Waals surface area contributed by atoms with Gasteiger partial charge in [-0.25, -0.2) is 4.79 Å². The molecule has 0 aliphatic carbocycles. The fourth-order valence-electron chi connectivity index (χ4n) is 1.60. The van der Waals surface area contributed by atoms with Gasteiger partial charge in [-0.15, -0.1) is 0 Å². The van der Waals surface area contributed by atoms with Crippen LogP contribution in [0.1, 0.15) is 24.2 Å². The van der Waals surface area contributed by atoms with E-state index in [1.165, 1.54) is 19.2 Å². The zero-order valence-electron chi connectivity index (χ0n) is 12.9. The standard InChI is InChI=1S/C15H21N3O4/c1-9(2)13(16)14(20)17-8-12(19)18-11-6-4-10(5-7-11)15(21)22-3/h4-7,9,13H,8,16H2,1-3H3,(H,17,20)(H,18,19)/t13-/m0/s1. The van der Waals surface area contributed by atoms with Crippen molar-refractivity contribution in [3.63, 3.8) is 0 Å². The van der Waals surface area contributed by atoms with Gasteiger partial charge in [0.15, 0.2) is 0 Å². The third-order valence-corrected chi connectivity index (χ3v) is 3.03. The van der Waals surface area contributed by atoms with Gasteiger partial charge < -0.3 is 21.1 Å². The molecule has 0 fully saturated rings. The summed E-state index contributed by atoms with van der Waals surface area (Å²) < 4.78 is 4.58. The smallest absolute Gasteiger partial charge is 0.337 e. The Morgan fingerprint density at radius 1 is 1.18 bits per heavy atom. The highest BCUT2D eigenvalue weighted by molar-refractivity contribution is 5.96. The molecule has 0 aliphatic heterocycles. The lowest BCUT2D eigenvalue weighted by molar-refractivity contribution is -0.125. The summed E-state index contributed by atoms with van der Waals surface area (Å²) in [6, 6.07) is 5.58. The molecule has 0 bridgehead atoms. The molecule has 0 aromatic heterocycles. The molecule has 22 heavy (non-hydrogen) atoms. The van der Waals surface area contributed by atoms with Crippen LogP contribution in [0.3, 0.4) is 0 Å². The molecular weight excluding hydrogens is 286 g/mol. The highest BCUT2D eigenvalue weighted by atomic mass is 16.5. The van der Waals surface area contributed by atoms with Crippen molar-refractivity contribution in [1.29, 1.82) is 0 Å². The van der Waals surface area contributed by atoms with Crippen LogP contribution < -0.4 is 16.4 Å². The number of anilines is 1. The van der Waals surface area contributed by atoms with E-state index in [9.17, 15) is 14.4 Å². The van der Waals surface area contributed by atoms with Crippen molar-refractivity contribution in [2.75, 3.05) is 19.0 Å². The second-order valence-electron chi connectivity index (χ2n) is 5.10. The van der Waals surface area contributed by atoms with E-state index in [0.29, 0.717) is 11.3 Å². The van der Waals surface area contributed by atoms with Gasteiger partial charge in [0.2, 0.25) is 11.8 Å². The average Bonchev–Trinajstić information content (AvgIpc) is 2.51. The maximum atomic E-state index is 11.7. The highest BCUT2D eigenvalue weighted by Gasteiger charge is 2.17. The van der Waals surface area contributed by atoms with Crippen LogP contribution in [0.4, 0.5) is 5.69 Å². The van der Waals surface area contributed by atoms with E-state index in [1.807, 2.05) is 13.8 Å². The van der Waals surface area contributed by atoms with Gasteiger partial charge in [0, 0.05) is 5.69 Å². The van der Waals surface area contributed by atoms with Crippen LogP contribution in [0.2, 0.25) is 0 Å². The maximum absolute atomic E-state index is 11.7. The van der Waals surface area contributed by atoms with Crippen LogP contribution in [-0.4, -0.2) is 37.5 Å². The molecule has 2 amide bonds. The molecule has 120 valence electrons. The van der Waals surface area contributed by atoms with Crippen LogP contribution in [-0.2, 0) is 14.3 Å². The molecule has 1 rings (SSSR count). The zero-order valence-corrected chi connectivity index (χ0v) is 12.9. The molecule has 1 atom stereocenters. The summed E-state index contributed by atoms with van der Waals surface area (Å²) in [5, 5.41) is 5.08. The number of methoxy groups -OCH3 is 1. The number of rotatable bonds is 6. The summed E-state index contributed by atoms with van der Waals surface area (Å²) in [7, 11) is 1.29. The minimum Gasteiger partial charge on any atom is -0.465 e. The summed E-state index contributed by atoms with van der Waals surface area (Å²) in [5.74, 6) is -1.21. The van der Waals surface area contributed by atoms with Crippen LogP contribution in [0, 0.1) is 5.92 Å². The van der Waals surface area contributed by atoms with E-state index in [2.05, 4.69) is 15.4 Å². The number of nitrogens with two attached hydrogens (primary N) is 1. The van der Waals surface area contributed by atoms with Gasteiger partial charge in [0.25, 0.3) is 0 Å². The zero-order chi connectivity index (χ0) is 16.7. The SMILES string of the molecule is COC(=O)c1ccc(NC(=O)CNC(=O)[C@@H](N)C(C)C)cc1. The van der Waals surface area contributed by atoms with Gasteiger partial charge in [-0.05, 0) is 30.2 Å². The van der Waals surface area contributed by atoms with Crippen LogP contribution in [0.5, 0.6) is 0 Å². The number of carbonyl (C=O) groups excluding carboxylic acids is 3. The third kappa shape index (κ3) is 5.17. The quantitative estimate of drug-likeness (QED) is 0.663. The van der Waals surface area contributed by atoms with Gasteiger partial charge in [-0.2, -0.15) is 0 Å².